The van der Waals surface area contributed by atoms with Crippen LogP contribution in [0, 0.1) is 17.2 Å². The molecule has 0 atom stereocenters. The first-order valence-electron chi connectivity index (χ1n) is 8.84. The number of esters is 1. The van der Waals surface area contributed by atoms with Gasteiger partial charge in [0.1, 0.15) is 23.2 Å². The summed E-state index contributed by atoms with van der Waals surface area (Å²) in [7, 11) is -3.46. The van der Waals surface area contributed by atoms with Crippen LogP contribution in [0.3, 0.4) is 0 Å². The van der Waals surface area contributed by atoms with Crippen LogP contribution < -0.4 is 4.74 Å². The molecule has 0 saturated carbocycles. The van der Waals surface area contributed by atoms with Crippen LogP contribution in [0.1, 0.15) is 18.4 Å². The molecule has 1 fully saturated rings. The van der Waals surface area contributed by atoms with Crippen molar-refractivity contribution in [3.05, 3.63) is 47.3 Å². The molecule has 28 heavy (non-hydrogen) atoms. The molecule has 1 aromatic heterocycles. The molecule has 1 aromatic carbocycles. The van der Waals surface area contributed by atoms with Gasteiger partial charge < -0.3 is 9.47 Å². The molecule has 148 valence electrons. The van der Waals surface area contributed by atoms with Gasteiger partial charge in [-0.1, -0.05) is 6.07 Å². The molecule has 7 nitrogen and oxygen atoms in total. The van der Waals surface area contributed by atoms with Crippen LogP contribution in [0.2, 0.25) is 0 Å². The first-order valence-corrected chi connectivity index (χ1v) is 11.2. The van der Waals surface area contributed by atoms with Crippen LogP contribution in [0.4, 0.5) is 0 Å². The monoisotopic (exact) mass is 420 g/mol. The highest BCUT2D eigenvalue weighted by Gasteiger charge is 2.33. The van der Waals surface area contributed by atoms with Crippen LogP contribution in [0.15, 0.2) is 46.0 Å². The summed E-state index contributed by atoms with van der Waals surface area (Å²) >= 11 is 1.19. The fourth-order valence-corrected chi connectivity index (χ4v) is 5.53. The van der Waals surface area contributed by atoms with Gasteiger partial charge in [0.15, 0.2) is 0 Å². The molecule has 0 radical (unpaired) electrons. The topological polar surface area (TPSA) is 96.7 Å². The number of ether oxygens (including phenoxy) is 2. The number of carbonyl (C=O) groups is 1. The molecule has 3 rings (SSSR count). The summed E-state index contributed by atoms with van der Waals surface area (Å²) in [4.78, 5) is 12.2. The van der Waals surface area contributed by atoms with Crippen molar-refractivity contribution < 1.29 is 22.7 Å². The Morgan fingerprint density at radius 1 is 1.18 bits per heavy atom. The van der Waals surface area contributed by atoms with Gasteiger partial charge in [0.2, 0.25) is 0 Å². The maximum Gasteiger partial charge on any atom is 0.309 e. The quantitative estimate of drug-likeness (QED) is 0.505. The van der Waals surface area contributed by atoms with Crippen molar-refractivity contribution in [3.63, 3.8) is 0 Å². The first-order chi connectivity index (χ1) is 13.5. The smallest absolute Gasteiger partial charge is 0.309 e. The Balaban J connectivity index is 1.40. The molecule has 1 aliphatic rings. The summed E-state index contributed by atoms with van der Waals surface area (Å²) in [5.41, 5.74) is 0.547. The molecule has 2 aromatic rings. The van der Waals surface area contributed by atoms with E-state index < -0.39 is 10.0 Å². The van der Waals surface area contributed by atoms with E-state index in [0.29, 0.717) is 41.5 Å². The van der Waals surface area contributed by atoms with Crippen molar-refractivity contribution in [1.82, 2.24) is 4.31 Å². The Morgan fingerprint density at radius 3 is 2.50 bits per heavy atom. The lowest BCUT2D eigenvalue weighted by Crippen LogP contribution is -2.40. The summed E-state index contributed by atoms with van der Waals surface area (Å²) in [5.74, 6) is -0.0246. The van der Waals surface area contributed by atoms with Gasteiger partial charge in [0.05, 0.1) is 17.6 Å². The van der Waals surface area contributed by atoms with Gasteiger partial charge in [-0.25, -0.2) is 8.42 Å². The Bertz CT molecular complexity index is 926. The van der Waals surface area contributed by atoms with Gasteiger partial charge in [-0.3, -0.25) is 4.79 Å². The van der Waals surface area contributed by atoms with Crippen LogP contribution in [-0.4, -0.2) is 45.0 Å². The number of nitrogens with zero attached hydrogens (tertiary/aromatic N) is 2. The Hall–Kier alpha value is -2.41. The van der Waals surface area contributed by atoms with E-state index in [-0.39, 0.29) is 25.1 Å². The van der Waals surface area contributed by atoms with Crippen molar-refractivity contribution in [2.75, 3.05) is 26.3 Å². The second kappa shape index (κ2) is 9.19. The first kappa shape index (κ1) is 20.3. The van der Waals surface area contributed by atoms with Crippen LogP contribution in [0.25, 0.3) is 0 Å². The molecule has 0 amide bonds. The van der Waals surface area contributed by atoms with Crippen LogP contribution in [0.5, 0.6) is 5.75 Å². The van der Waals surface area contributed by atoms with E-state index in [9.17, 15) is 13.2 Å². The molecular weight excluding hydrogens is 400 g/mol. The average molecular weight is 421 g/mol. The van der Waals surface area contributed by atoms with Gasteiger partial charge >= 0.3 is 5.97 Å². The van der Waals surface area contributed by atoms with Gasteiger partial charge in [-0.15, -0.1) is 11.3 Å². The predicted molar refractivity (Wildman–Crippen MR) is 103 cm³/mol. The highest BCUT2D eigenvalue weighted by Crippen LogP contribution is 2.26. The standard InChI is InChI=1S/C19H20N2O5S2/c20-14-15-3-5-17(6-4-15)25-11-12-26-19(22)16-7-9-21(10-8-16)28(23,24)18-2-1-13-27-18/h1-6,13,16H,7-12H2. The SMILES string of the molecule is N#Cc1ccc(OCCOC(=O)C2CCN(S(=O)(=O)c3cccs3)CC2)cc1. The minimum atomic E-state index is -3.46. The van der Waals surface area contributed by atoms with Crippen LogP contribution >= 0.6 is 11.3 Å². The molecule has 0 N–H and O–H groups in total. The summed E-state index contributed by atoms with van der Waals surface area (Å²) in [6.45, 7) is 0.944. The molecule has 0 bridgehead atoms. The van der Waals surface area contributed by atoms with E-state index in [1.807, 2.05) is 6.07 Å². The number of piperidine rings is 1. The van der Waals surface area contributed by atoms with Crippen molar-refractivity contribution in [2.45, 2.75) is 17.1 Å². The Kier molecular flexibility index (Phi) is 6.67. The summed E-state index contributed by atoms with van der Waals surface area (Å²) in [6, 6.07) is 12.0. The maximum atomic E-state index is 12.5. The van der Waals surface area contributed by atoms with Crippen LogP contribution in [-0.2, 0) is 19.6 Å². The van der Waals surface area contributed by atoms with E-state index in [0.717, 1.165) is 0 Å². The lowest BCUT2D eigenvalue weighted by atomic mass is 9.98. The fourth-order valence-electron chi connectivity index (χ4n) is 2.91. The minimum Gasteiger partial charge on any atom is -0.490 e. The molecule has 0 aliphatic carbocycles. The lowest BCUT2D eigenvalue weighted by Gasteiger charge is -2.29. The molecule has 1 aliphatic heterocycles. The van der Waals surface area contributed by atoms with Gasteiger partial charge in [0, 0.05) is 13.1 Å². The molecular formula is C19H20N2O5S2. The minimum absolute atomic E-state index is 0.118. The number of sulfonamides is 1. The number of benzene rings is 1. The number of rotatable bonds is 7. The Labute approximate surface area is 168 Å². The predicted octanol–water partition coefficient (Wildman–Crippen LogP) is 2.64. The third-order valence-electron chi connectivity index (χ3n) is 4.46. The largest absolute Gasteiger partial charge is 0.490 e. The van der Waals surface area contributed by atoms with E-state index >= 15 is 0 Å². The lowest BCUT2D eigenvalue weighted by molar-refractivity contribution is -0.150. The normalized spacial score (nSPS) is 15.7. The molecule has 0 unspecified atom stereocenters. The number of hydrogen-bond acceptors (Lipinski definition) is 7. The van der Waals surface area contributed by atoms with Gasteiger partial charge in [0.25, 0.3) is 10.0 Å². The van der Waals surface area contributed by atoms with E-state index in [2.05, 4.69) is 0 Å². The van der Waals surface area contributed by atoms with Crippen molar-refractivity contribution in [1.29, 1.82) is 5.26 Å². The molecule has 0 spiro atoms. The third-order valence-corrected chi connectivity index (χ3v) is 7.73. The maximum absolute atomic E-state index is 12.5. The average Bonchev–Trinajstić information content (AvgIpc) is 3.27. The number of thiophene rings is 1. The zero-order valence-electron chi connectivity index (χ0n) is 15.1. The highest BCUT2D eigenvalue weighted by molar-refractivity contribution is 7.91. The molecule has 2 heterocycles. The summed E-state index contributed by atoms with van der Waals surface area (Å²) in [5, 5.41) is 10.5. The number of hydrogen-bond donors (Lipinski definition) is 0. The number of carbonyl (C=O) groups excluding carboxylic acids is 1. The molecule has 1 saturated heterocycles. The van der Waals surface area contributed by atoms with Gasteiger partial charge in [-0.05, 0) is 48.6 Å². The van der Waals surface area contributed by atoms with E-state index in [4.69, 9.17) is 14.7 Å². The highest BCUT2D eigenvalue weighted by atomic mass is 32.2. The van der Waals surface area contributed by atoms with E-state index in [1.165, 1.54) is 15.6 Å². The van der Waals surface area contributed by atoms with Crippen molar-refractivity contribution >= 4 is 27.3 Å². The van der Waals surface area contributed by atoms with Gasteiger partial charge in [-0.2, -0.15) is 9.57 Å². The zero-order chi connectivity index (χ0) is 20.0. The van der Waals surface area contributed by atoms with Crippen molar-refractivity contribution in [2.24, 2.45) is 5.92 Å². The zero-order valence-corrected chi connectivity index (χ0v) is 16.7. The van der Waals surface area contributed by atoms with Crippen molar-refractivity contribution in [3.8, 4) is 11.8 Å². The number of nitriles is 1. The third kappa shape index (κ3) is 4.90. The summed E-state index contributed by atoms with van der Waals surface area (Å²) in [6.07, 6.45) is 0.889. The molecule has 9 heteroatoms. The fraction of sp³-hybridized carbons (Fsp3) is 0.368. The second-order valence-electron chi connectivity index (χ2n) is 6.26. The second-order valence-corrected chi connectivity index (χ2v) is 9.38. The summed E-state index contributed by atoms with van der Waals surface area (Å²) < 4.78 is 37.5. The Morgan fingerprint density at radius 2 is 1.89 bits per heavy atom. The van der Waals surface area contributed by atoms with E-state index in [1.54, 1.807) is 41.8 Å².